The quantitative estimate of drug-likeness (QED) is 0.895. The fraction of sp³-hybridized carbons (Fsp3) is 0.500. The second-order valence-electron chi connectivity index (χ2n) is 7.66. The monoisotopic (exact) mass is 346 g/mol. The fourth-order valence-corrected chi connectivity index (χ4v) is 3.17. The van der Waals surface area contributed by atoms with Crippen LogP contribution in [0.4, 0.5) is 14.7 Å². The molecular weight excluding hydrogens is 326 g/mol. The molecule has 2 aromatic rings. The van der Waals surface area contributed by atoms with Crippen LogP contribution in [0, 0.1) is 24.2 Å². The number of halogens is 2. The van der Waals surface area contributed by atoms with Crippen molar-refractivity contribution in [2.24, 2.45) is 5.92 Å². The minimum atomic E-state index is -2.75. The Balaban J connectivity index is 2.03. The normalized spacial score (nSPS) is 17.2. The van der Waals surface area contributed by atoms with Crippen molar-refractivity contribution in [2.45, 2.75) is 52.0 Å². The van der Waals surface area contributed by atoms with Gasteiger partial charge in [-0.2, -0.15) is 5.26 Å². The molecule has 132 valence electrons. The lowest BCUT2D eigenvalue weighted by Crippen LogP contribution is -2.43. The summed E-state index contributed by atoms with van der Waals surface area (Å²) in [6, 6.07) is 5.69. The van der Waals surface area contributed by atoms with Crippen LogP contribution in [0.3, 0.4) is 0 Å². The van der Waals surface area contributed by atoms with Gasteiger partial charge in [0, 0.05) is 24.3 Å². The van der Waals surface area contributed by atoms with Gasteiger partial charge in [-0.05, 0) is 45.4 Å². The summed E-state index contributed by atoms with van der Waals surface area (Å²) in [6.45, 7) is 7.68. The molecule has 0 spiro atoms. The zero-order chi connectivity index (χ0) is 18.6. The maximum absolute atomic E-state index is 13.0. The Hall–Kier alpha value is -2.49. The summed E-state index contributed by atoms with van der Waals surface area (Å²) < 4.78 is 27.9. The third-order valence-electron chi connectivity index (χ3n) is 4.49. The smallest absolute Gasteiger partial charge is 0.249 e. The van der Waals surface area contributed by atoms with Gasteiger partial charge in [0.15, 0.2) is 0 Å². The van der Waals surface area contributed by atoms with Crippen LogP contribution >= 0.6 is 0 Å². The van der Waals surface area contributed by atoms with E-state index in [1.54, 1.807) is 12.1 Å². The SMILES string of the molecule is Cc1cc2nc(NC(=O)C3CC(F)(F)C3)n(C(C)(C)C)c2cc1C#N. The highest BCUT2D eigenvalue weighted by atomic mass is 19.3. The van der Waals surface area contributed by atoms with Crippen molar-refractivity contribution in [3.8, 4) is 6.07 Å². The molecule has 0 saturated heterocycles. The largest absolute Gasteiger partial charge is 0.305 e. The van der Waals surface area contributed by atoms with Gasteiger partial charge in [0.2, 0.25) is 17.8 Å². The van der Waals surface area contributed by atoms with Crippen molar-refractivity contribution in [3.63, 3.8) is 0 Å². The lowest BCUT2D eigenvalue weighted by atomic mass is 9.81. The van der Waals surface area contributed by atoms with Crippen molar-refractivity contribution in [2.75, 3.05) is 5.32 Å². The van der Waals surface area contributed by atoms with Crippen molar-refractivity contribution in [1.82, 2.24) is 9.55 Å². The second-order valence-corrected chi connectivity index (χ2v) is 7.66. The van der Waals surface area contributed by atoms with E-state index in [2.05, 4.69) is 16.4 Å². The first-order chi connectivity index (χ1) is 11.5. The second kappa shape index (κ2) is 5.51. The summed E-state index contributed by atoms with van der Waals surface area (Å²) in [6.07, 6.45) is -0.849. The number of hydrogen-bond donors (Lipinski definition) is 1. The number of nitriles is 1. The summed E-state index contributed by atoms with van der Waals surface area (Å²) >= 11 is 0. The molecule has 1 fully saturated rings. The van der Waals surface area contributed by atoms with Gasteiger partial charge in [0.05, 0.1) is 22.7 Å². The van der Waals surface area contributed by atoms with E-state index >= 15 is 0 Å². The third kappa shape index (κ3) is 3.09. The van der Waals surface area contributed by atoms with Crippen LogP contribution in [0.5, 0.6) is 0 Å². The zero-order valence-electron chi connectivity index (χ0n) is 14.7. The molecular formula is C18H20F2N4O. The molecule has 0 unspecified atom stereocenters. The van der Waals surface area contributed by atoms with E-state index in [4.69, 9.17) is 0 Å². The van der Waals surface area contributed by atoms with E-state index < -0.39 is 36.1 Å². The Labute approximate surface area is 144 Å². The van der Waals surface area contributed by atoms with Gasteiger partial charge >= 0.3 is 0 Å². The van der Waals surface area contributed by atoms with E-state index in [1.165, 1.54) is 0 Å². The molecule has 0 bridgehead atoms. The minimum Gasteiger partial charge on any atom is -0.305 e. The number of alkyl halides is 2. The Kier molecular flexibility index (Phi) is 3.82. The first kappa shape index (κ1) is 17.3. The van der Waals surface area contributed by atoms with Crippen molar-refractivity contribution < 1.29 is 13.6 Å². The standard InChI is InChI=1S/C18H20F2N4O/c1-10-5-13-14(6-11(10)9-21)24(17(2,3)4)16(22-13)23-15(25)12-7-18(19,20)8-12/h5-6,12H,7-8H2,1-4H3,(H,22,23,25). The third-order valence-corrected chi connectivity index (χ3v) is 4.49. The Morgan fingerprint density at radius 1 is 1.40 bits per heavy atom. The van der Waals surface area contributed by atoms with Gasteiger partial charge in [-0.15, -0.1) is 0 Å². The van der Waals surface area contributed by atoms with Crippen LogP contribution in [-0.2, 0) is 10.3 Å². The molecule has 1 N–H and O–H groups in total. The molecule has 5 nitrogen and oxygen atoms in total. The molecule has 1 saturated carbocycles. The molecule has 1 aliphatic carbocycles. The first-order valence-corrected chi connectivity index (χ1v) is 8.14. The summed E-state index contributed by atoms with van der Waals surface area (Å²) in [5, 5.41) is 12.0. The highest BCUT2D eigenvalue weighted by Gasteiger charge is 2.49. The zero-order valence-corrected chi connectivity index (χ0v) is 14.7. The molecule has 0 aliphatic heterocycles. The Morgan fingerprint density at radius 3 is 2.56 bits per heavy atom. The number of aryl methyl sites for hydroxylation is 1. The number of anilines is 1. The van der Waals surface area contributed by atoms with Crippen LogP contribution in [0.15, 0.2) is 12.1 Å². The maximum Gasteiger partial charge on any atom is 0.249 e. The number of amides is 1. The van der Waals surface area contributed by atoms with Gasteiger partial charge in [-0.3, -0.25) is 10.1 Å². The maximum atomic E-state index is 13.0. The van der Waals surface area contributed by atoms with Crippen LogP contribution in [0.2, 0.25) is 0 Å². The number of fused-ring (bicyclic) bond motifs is 1. The number of carbonyl (C=O) groups is 1. The van der Waals surface area contributed by atoms with E-state index in [0.29, 0.717) is 17.0 Å². The molecule has 3 rings (SSSR count). The lowest BCUT2D eigenvalue weighted by Gasteiger charge is -2.34. The fourth-order valence-electron chi connectivity index (χ4n) is 3.17. The summed E-state index contributed by atoms with van der Waals surface area (Å²) in [5.74, 6) is -3.56. The van der Waals surface area contributed by atoms with Crippen molar-refractivity contribution in [1.29, 1.82) is 5.26 Å². The highest BCUT2D eigenvalue weighted by molar-refractivity contribution is 5.94. The number of rotatable bonds is 2. The summed E-state index contributed by atoms with van der Waals surface area (Å²) in [5.41, 5.74) is 2.30. The number of benzene rings is 1. The Bertz CT molecular complexity index is 894. The molecule has 0 atom stereocenters. The molecule has 7 heteroatoms. The number of nitrogens with zero attached hydrogens (tertiary/aromatic N) is 3. The van der Waals surface area contributed by atoms with Crippen LogP contribution in [0.25, 0.3) is 11.0 Å². The topological polar surface area (TPSA) is 70.7 Å². The number of hydrogen-bond acceptors (Lipinski definition) is 3. The number of imidazole rings is 1. The van der Waals surface area contributed by atoms with Gasteiger partial charge in [0.25, 0.3) is 0 Å². The molecule has 1 amide bonds. The molecule has 1 aliphatic rings. The van der Waals surface area contributed by atoms with Gasteiger partial charge in [-0.1, -0.05) is 0 Å². The average molecular weight is 346 g/mol. The van der Waals surface area contributed by atoms with Gasteiger partial charge in [-0.25, -0.2) is 13.8 Å². The first-order valence-electron chi connectivity index (χ1n) is 8.14. The number of aromatic nitrogens is 2. The number of carbonyl (C=O) groups excluding carboxylic acids is 1. The Morgan fingerprint density at radius 2 is 2.04 bits per heavy atom. The average Bonchev–Trinajstić information content (AvgIpc) is 2.80. The molecule has 25 heavy (non-hydrogen) atoms. The van der Waals surface area contributed by atoms with E-state index in [0.717, 1.165) is 11.1 Å². The number of nitrogens with one attached hydrogen (secondary N) is 1. The van der Waals surface area contributed by atoms with Crippen LogP contribution < -0.4 is 5.32 Å². The van der Waals surface area contributed by atoms with E-state index in [1.807, 2.05) is 32.3 Å². The minimum absolute atomic E-state index is 0.317. The van der Waals surface area contributed by atoms with Crippen molar-refractivity contribution in [3.05, 3.63) is 23.3 Å². The van der Waals surface area contributed by atoms with Crippen LogP contribution in [-0.4, -0.2) is 21.4 Å². The predicted octanol–water partition coefficient (Wildman–Crippen LogP) is 3.96. The summed E-state index contributed by atoms with van der Waals surface area (Å²) in [7, 11) is 0. The van der Waals surface area contributed by atoms with E-state index in [-0.39, 0.29) is 0 Å². The van der Waals surface area contributed by atoms with Gasteiger partial charge < -0.3 is 4.57 Å². The van der Waals surface area contributed by atoms with E-state index in [9.17, 15) is 18.8 Å². The predicted molar refractivity (Wildman–Crippen MR) is 90.5 cm³/mol. The lowest BCUT2D eigenvalue weighted by molar-refractivity contribution is -0.145. The molecule has 1 heterocycles. The van der Waals surface area contributed by atoms with Crippen LogP contribution in [0.1, 0.15) is 44.7 Å². The van der Waals surface area contributed by atoms with Gasteiger partial charge in [0.1, 0.15) is 0 Å². The molecule has 1 aromatic carbocycles. The summed E-state index contributed by atoms with van der Waals surface area (Å²) in [4.78, 5) is 16.7. The highest BCUT2D eigenvalue weighted by Crippen LogP contribution is 2.43. The molecule has 1 aromatic heterocycles. The van der Waals surface area contributed by atoms with Crippen molar-refractivity contribution >= 4 is 22.9 Å². The molecule has 0 radical (unpaired) electrons.